The van der Waals surface area contributed by atoms with Gasteiger partial charge in [-0.3, -0.25) is 9.69 Å². The number of hydrogen-bond acceptors (Lipinski definition) is 3. The van der Waals surface area contributed by atoms with Crippen LogP contribution >= 0.6 is 0 Å². The first-order chi connectivity index (χ1) is 9.72. The predicted molar refractivity (Wildman–Crippen MR) is 77.8 cm³/mol. The lowest BCUT2D eigenvalue weighted by atomic mass is 10.0. The molecule has 0 bridgehead atoms. The molecule has 3 rings (SSSR count). The van der Waals surface area contributed by atoms with Crippen LogP contribution in [0.15, 0.2) is 16.7 Å². The molecule has 0 saturated carbocycles. The molecule has 2 unspecified atom stereocenters. The van der Waals surface area contributed by atoms with Gasteiger partial charge in [0.2, 0.25) is 0 Å². The first kappa shape index (κ1) is 13.7. The molecule has 2 atom stereocenters. The summed E-state index contributed by atoms with van der Waals surface area (Å²) in [4.78, 5) is 17.4. The molecule has 0 aromatic carbocycles. The predicted octanol–water partition coefficient (Wildman–Crippen LogP) is 2.68. The zero-order chi connectivity index (χ0) is 14.1. The van der Waals surface area contributed by atoms with Crippen LogP contribution in [0, 0.1) is 6.92 Å². The molecular formula is C16H24N2O2. The highest BCUT2D eigenvalue weighted by atomic mass is 16.3. The summed E-state index contributed by atoms with van der Waals surface area (Å²) in [5.41, 5.74) is 0.734. The van der Waals surface area contributed by atoms with Crippen LogP contribution in [-0.4, -0.2) is 47.4 Å². The number of nitrogens with zero attached hydrogens (tertiary/aromatic N) is 2. The van der Waals surface area contributed by atoms with Gasteiger partial charge in [-0.2, -0.15) is 0 Å². The van der Waals surface area contributed by atoms with Gasteiger partial charge >= 0.3 is 0 Å². The minimum absolute atomic E-state index is 0.154. The van der Waals surface area contributed by atoms with Crippen molar-refractivity contribution in [1.29, 1.82) is 0 Å². The molecular weight excluding hydrogens is 252 g/mol. The molecule has 2 saturated heterocycles. The van der Waals surface area contributed by atoms with E-state index in [-0.39, 0.29) is 5.91 Å². The van der Waals surface area contributed by atoms with Gasteiger partial charge in [-0.05, 0) is 51.8 Å². The number of furan rings is 1. The summed E-state index contributed by atoms with van der Waals surface area (Å²) in [5.74, 6) is 0.890. The highest BCUT2D eigenvalue weighted by molar-refractivity contribution is 5.95. The Morgan fingerprint density at radius 2 is 2.05 bits per heavy atom. The van der Waals surface area contributed by atoms with Crippen molar-refractivity contribution in [2.24, 2.45) is 0 Å². The van der Waals surface area contributed by atoms with Crippen molar-refractivity contribution in [2.75, 3.05) is 19.6 Å². The van der Waals surface area contributed by atoms with Gasteiger partial charge in [0.1, 0.15) is 5.76 Å². The number of likely N-dealkylation sites (tertiary alicyclic amines) is 2. The van der Waals surface area contributed by atoms with Crippen LogP contribution < -0.4 is 0 Å². The van der Waals surface area contributed by atoms with Crippen molar-refractivity contribution < 1.29 is 9.21 Å². The van der Waals surface area contributed by atoms with E-state index in [0.29, 0.717) is 12.1 Å². The van der Waals surface area contributed by atoms with Gasteiger partial charge < -0.3 is 9.32 Å². The molecule has 4 nitrogen and oxygen atoms in total. The van der Waals surface area contributed by atoms with Crippen LogP contribution in [0.5, 0.6) is 0 Å². The Morgan fingerprint density at radius 1 is 1.30 bits per heavy atom. The first-order valence-corrected chi connectivity index (χ1v) is 7.81. The van der Waals surface area contributed by atoms with Crippen LogP contribution in [0.25, 0.3) is 0 Å². The SMILES string of the molecule is CCN1CCCC1C1CCCN1C(=O)c1ccoc1C. The largest absolute Gasteiger partial charge is 0.469 e. The second-order valence-corrected chi connectivity index (χ2v) is 5.94. The van der Waals surface area contributed by atoms with Crippen molar-refractivity contribution >= 4 is 5.91 Å². The second kappa shape index (κ2) is 5.60. The number of carbonyl (C=O) groups is 1. The van der Waals surface area contributed by atoms with E-state index in [1.54, 1.807) is 12.3 Å². The Morgan fingerprint density at radius 3 is 2.75 bits per heavy atom. The van der Waals surface area contributed by atoms with Gasteiger partial charge in [0, 0.05) is 18.6 Å². The molecule has 110 valence electrons. The summed E-state index contributed by atoms with van der Waals surface area (Å²) in [6.45, 7) is 7.26. The average Bonchev–Trinajstić information content (AvgIpc) is 3.17. The smallest absolute Gasteiger partial charge is 0.257 e. The molecule has 2 aliphatic heterocycles. The van der Waals surface area contributed by atoms with Gasteiger partial charge in [-0.15, -0.1) is 0 Å². The Kier molecular flexibility index (Phi) is 3.83. The van der Waals surface area contributed by atoms with Gasteiger partial charge in [0.05, 0.1) is 11.8 Å². The fraction of sp³-hybridized carbons (Fsp3) is 0.688. The van der Waals surface area contributed by atoms with E-state index in [1.807, 2.05) is 6.92 Å². The Hall–Kier alpha value is -1.29. The van der Waals surface area contributed by atoms with E-state index in [2.05, 4.69) is 16.7 Å². The summed E-state index contributed by atoms with van der Waals surface area (Å²) >= 11 is 0. The molecule has 2 aliphatic rings. The van der Waals surface area contributed by atoms with Crippen LogP contribution in [0.1, 0.15) is 48.7 Å². The molecule has 0 N–H and O–H groups in total. The number of amides is 1. The van der Waals surface area contributed by atoms with E-state index in [0.717, 1.165) is 37.3 Å². The van der Waals surface area contributed by atoms with Crippen LogP contribution in [0.2, 0.25) is 0 Å². The maximum absolute atomic E-state index is 12.7. The van der Waals surface area contributed by atoms with Crippen LogP contribution in [0.4, 0.5) is 0 Å². The number of rotatable bonds is 3. The van der Waals surface area contributed by atoms with Crippen molar-refractivity contribution in [1.82, 2.24) is 9.80 Å². The third-order valence-electron chi connectivity index (χ3n) is 4.91. The molecule has 1 aromatic heterocycles. The van der Waals surface area contributed by atoms with E-state index >= 15 is 0 Å². The maximum Gasteiger partial charge on any atom is 0.257 e. The lowest BCUT2D eigenvalue weighted by molar-refractivity contribution is 0.0648. The van der Waals surface area contributed by atoms with Gasteiger partial charge in [-0.1, -0.05) is 6.92 Å². The molecule has 20 heavy (non-hydrogen) atoms. The minimum atomic E-state index is 0.154. The third kappa shape index (κ3) is 2.26. The standard InChI is InChI=1S/C16H24N2O2/c1-3-17-9-4-6-14(17)15-7-5-10-18(15)16(19)13-8-11-20-12(13)2/h8,11,14-15H,3-7,9-10H2,1-2H3. The van der Waals surface area contributed by atoms with Gasteiger partial charge in [0.15, 0.2) is 0 Å². The monoisotopic (exact) mass is 276 g/mol. The van der Waals surface area contributed by atoms with E-state index < -0.39 is 0 Å². The molecule has 0 spiro atoms. The van der Waals surface area contributed by atoms with E-state index in [9.17, 15) is 4.79 Å². The third-order valence-corrected chi connectivity index (χ3v) is 4.91. The van der Waals surface area contributed by atoms with Crippen molar-refractivity contribution in [3.63, 3.8) is 0 Å². The average molecular weight is 276 g/mol. The number of aryl methyl sites for hydroxylation is 1. The fourth-order valence-electron chi connectivity index (χ4n) is 3.89. The van der Waals surface area contributed by atoms with Crippen molar-refractivity contribution in [3.05, 3.63) is 23.7 Å². The molecule has 4 heteroatoms. The Balaban J connectivity index is 1.79. The maximum atomic E-state index is 12.7. The summed E-state index contributed by atoms with van der Waals surface area (Å²) in [6.07, 6.45) is 6.38. The van der Waals surface area contributed by atoms with Crippen molar-refractivity contribution in [2.45, 2.75) is 51.6 Å². The number of likely N-dealkylation sites (N-methyl/N-ethyl adjacent to an activating group) is 1. The summed E-state index contributed by atoms with van der Waals surface area (Å²) in [5, 5.41) is 0. The summed E-state index contributed by atoms with van der Waals surface area (Å²) < 4.78 is 5.29. The zero-order valence-electron chi connectivity index (χ0n) is 12.5. The first-order valence-electron chi connectivity index (χ1n) is 7.81. The highest BCUT2D eigenvalue weighted by Crippen LogP contribution is 2.31. The fourth-order valence-corrected chi connectivity index (χ4v) is 3.89. The number of hydrogen-bond donors (Lipinski definition) is 0. The molecule has 1 amide bonds. The lowest BCUT2D eigenvalue weighted by Crippen LogP contribution is -2.48. The zero-order valence-corrected chi connectivity index (χ0v) is 12.5. The topological polar surface area (TPSA) is 36.7 Å². The molecule has 3 heterocycles. The Bertz CT molecular complexity index is 483. The molecule has 0 aliphatic carbocycles. The lowest BCUT2D eigenvalue weighted by Gasteiger charge is -2.34. The van der Waals surface area contributed by atoms with Crippen molar-refractivity contribution in [3.8, 4) is 0 Å². The Labute approximate surface area is 120 Å². The normalized spacial score (nSPS) is 27.4. The van der Waals surface area contributed by atoms with E-state index in [4.69, 9.17) is 4.42 Å². The summed E-state index contributed by atoms with van der Waals surface area (Å²) in [6, 6.07) is 2.75. The van der Waals surface area contributed by atoms with Crippen LogP contribution in [0.3, 0.4) is 0 Å². The molecule has 2 fully saturated rings. The quantitative estimate of drug-likeness (QED) is 0.851. The number of carbonyl (C=O) groups excluding carboxylic acids is 1. The van der Waals surface area contributed by atoms with Gasteiger partial charge in [-0.25, -0.2) is 0 Å². The highest BCUT2D eigenvalue weighted by Gasteiger charge is 2.39. The van der Waals surface area contributed by atoms with Gasteiger partial charge in [0.25, 0.3) is 5.91 Å². The molecule has 1 aromatic rings. The van der Waals surface area contributed by atoms with Crippen LogP contribution in [-0.2, 0) is 0 Å². The summed E-state index contributed by atoms with van der Waals surface area (Å²) in [7, 11) is 0. The second-order valence-electron chi connectivity index (χ2n) is 5.94. The molecule has 0 radical (unpaired) electrons. The van der Waals surface area contributed by atoms with E-state index in [1.165, 1.54) is 19.4 Å². The minimum Gasteiger partial charge on any atom is -0.469 e.